The van der Waals surface area contributed by atoms with E-state index in [1.807, 2.05) is 7.05 Å². The Kier molecular flexibility index (Phi) is 1.81. The molecule has 46 valence electrons. The molecule has 1 aliphatic heterocycles. The summed E-state index contributed by atoms with van der Waals surface area (Å²) in [4.78, 5) is 2.13. The van der Waals surface area contributed by atoms with Crippen molar-refractivity contribution in [1.82, 2.24) is 10.2 Å². The number of nitrogens with zero attached hydrogens (tertiary/aromatic N) is 1. The summed E-state index contributed by atoms with van der Waals surface area (Å²) >= 11 is 1.78. The van der Waals surface area contributed by atoms with Crippen LogP contribution in [0.5, 0.6) is 0 Å². The molecule has 0 saturated heterocycles. The van der Waals surface area contributed by atoms with Gasteiger partial charge in [-0.05, 0) is 12.5 Å². The van der Waals surface area contributed by atoms with Gasteiger partial charge in [0.15, 0.2) is 0 Å². The Morgan fingerprint density at radius 3 is 2.75 bits per heavy atom. The van der Waals surface area contributed by atoms with Gasteiger partial charge in [0, 0.05) is 13.2 Å². The first-order valence-electron chi connectivity index (χ1n) is 2.56. The number of nitrogens with one attached hydrogen (secondary N) is 1. The predicted octanol–water partition coefficient (Wildman–Crippen LogP) is 0.639. The zero-order chi connectivity index (χ0) is 5.98. The van der Waals surface area contributed by atoms with E-state index in [9.17, 15) is 0 Å². The molecule has 0 saturated carbocycles. The lowest BCUT2D eigenvalue weighted by atomic mass is 10.8. The number of hydrogen-bond acceptors (Lipinski definition) is 3. The Morgan fingerprint density at radius 1 is 1.75 bits per heavy atom. The minimum Gasteiger partial charge on any atom is -0.356 e. The van der Waals surface area contributed by atoms with Crippen LogP contribution in [0.1, 0.15) is 0 Å². The summed E-state index contributed by atoms with van der Waals surface area (Å²) in [5.74, 6) is 0. The third kappa shape index (κ3) is 0.980. The highest BCUT2D eigenvalue weighted by atomic mass is 32.2. The van der Waals surface area contributed by atoms with Crippen molar-refractivity contribution >= 4 is 11.8 Å². The molecule has 3 heteroatoms. The van der Waals surface area contributed by atoms with Gasteiger partial charge in [-0.15, -0.1) is 0 Å². The Bertz CT molecular complexity index is 103. The Morgan fingerprint density at radius 2 is 2.50 bits per heavy atom. The van der Waals surface area contributed by atoms with Crippen LogP contribution in [0.2, 0.25) is 0 Å². The molecule has 0 aromatic rings. The fourth-order valence-electron chi connectivity index (χ4n) is 0.651. The maximum atomic E-state index is 3.14. The van der Waals surface area contributed by atoms with Crippen molar-refractivity contribution in [2.45, 2.75) is 5.50 Å². The van der Waals surface area contributed by atoms with Gasteiger partial charge in [0.1, 0.15) is 5.50 Å². The van der Waals surface area contributed by atoms with Gasteiger partial charge in [-0.3, -0.25) is 5.32 Å². The van der Waals surface area contributed by atoms with Crippen molar-refractivity contribution in [2.75, 3.05) is 14.1 Å². The molecule has 0 fully saturated rings. The standard InChI is InChI=1S/C5H10N2S/c1-6-5-7(2)3-4-8-5/h3-6H,1-2H3. The average molecular weight is 130 g/mol. The molecule has 0 aromatic heterocycles. The molecular weight excluding hydrogens is 120 g/mol. The Balaban J connectivity index is 2.38. The molecule has 1 rings (SSSR count). The van der Waals surface area contributed by atoms with Gasteiger partial charge in [-0.2, -0.15) is 0 Å². The third-order valence-electron chi connectivity index (χ3n) is 1.12. The first kappa shape index (κ1) is 5.98. The van der Waals surface area contributed by atoms with Crippen LogP contribution in [0.4, 0.5) is 0 Å². The van der Waals surface area contributed by atoms with E-state index in [0.29, 0.717) is 5.50 Å². The molecule has 0 amide bonds. The Hall–Kier alpha value is -0.150. The van der Waals surface area contributed by atoms with E-state index in [2.05, 4.69) is 28.9 Å². The zero-order valence-corrected chi connectivity index (χ0v) is 5.90. The number of thioether (sulfide) groups is 1. The highest BCUT2D eigenvalue weighted by Crippen LogP contribution is 2.19. The molecule has 0 aromatic carbocycles. The summed E-state index contributed by atoms with van der Waals surface area (Å²) in [5, 5.41) is 5.22. The summed E-state index contributed by atoms with van der Waals surface area (Å²) in [5.41, 5.74) is 0.454. The van der Waals surface area contributed by atoms with Crippen LogP contribution in [-0.2, 0) is 0 Å². The average Bonchev–Trinajstić information content (AvgIpc) is 2.14. The maximum Gasteiger partial charge on any atom is 0.131 e. The lowest BCUT2D eigenvalue weighted by Crippen LogP contribution is -2.32. The quantitative estimate of drug-likeness (QED) is 0.560. The van der Waals surface area contributed by atoms with Gasteiger partial charge < -0.3 is 4.90 Å². The van der Waals surface area contributed by atoms with E-state index in [1.54, 1.807) is 11.8 Å². The van der Waals surface area contributed by atoms with Gasteiger partial charge in [0.2, 0.25) is 0 Å². The Labute approximate surface area is 53.9 Å². The van der Waals surface area contributed by atoms with Crippen LogP contribution in [0.15, 0.2) is 11.6 Å². The highest BCUT2D eigenvalue weighted by Gasteiger charge is 2.11. The van der Waals surface area contributed by atoms with Crippen LogP contribution in [0.3, 0.4) is 0 Å². The molecule has 1 unspecified atom stereocenters. The first-order chi connectivity index (χ1) is 3.84. The van der Waals surface area contributed by atoms with Crippen molar-refractivity contribution < 1.29 is 0 Å². The van der Waals surface area contributed by atoms with E-state index < -0.39 is 0 Å². The van der Waals surface area contributed by atoms with E-state index >= 15 is 0 Å². The van der Waals surface area contributed by atoms with Gasteiger partial charge in [-0.1, -0.05) is 11.8 Å². The third-order valence-corrected chi connectivity index (χ3v) is 2.23. The molecular formula is C5H10N2S. The summed E-state index contributed by atoms with van der Waals surface area (Å²) < 4.78 is 0. The highest BCUT2D eigenvalue weighted by molar-refractivity contribution is 8.02. The topological polar surface area (TPSA) is 15.3 Å². The van der Waals surface area contributed by atoms with E-state index in [0.717, 1.165) is 0 Å². The zero-order valence-electron chi connectivity index (χ0n) is 5.09. The number of hydrogen-bond donors (Lipinski definition) is 1. The fourth-order valence-corrected chi connectivity index (χ4v) is 1.46. The summed E-state index contributed by atoms with van der Waals surface area (Å²) in [6.45, 7) is 0. The molecule has 1 atom stereocenters. The van der Waals surface area contributed by atoms with E-state index in [1.165, 1.54) is 0 Å². The molecule has 0 radical (unpaired) electrons. The van der Waals surface area contributed by atoms with Crippen LogP contribution in [-0.4, -0.2) is 24.5 Å². The monoisotopic (exact) mass is 130 g/mol. The van der Waals surface area contributed by atoms with Crippen molar-refractivity contribution in [1.29, 1.82) is 0 Å². The molecule has 1 heterocycles. The molecule has 0 aliphatic carbocycles. The van der Waals surface area contributed by atoms with Crippen LogP contribution < -0.4 is 5.32 Å². The maximum absolute atomic E-state index is 3.14. The molecule has 0 bridgehead atoms. The first-order valence-corrected chi connectivity index (χ1v) is 3.50. The van der Waals surface area contributed by atoms with E-state index in [-0.39, 0.29) is 0 Å². The van der Waals surface area contributed by atoms with Gasteiger partial charge in [0.05, 0.1) is 0 Å². The van der Waals surface area contributed by atoms with E-state index in [4.69, 9.17) is 0 Å². The summed E-state index contributed by atoms with van der Waals surface area (Å²) in [6, 6.07) is 0. The minimum atomic E-state index is 0.454. The van der Waals surface area contributed by atoms with Crippen molar-refractivity contribution in [3.63, 3.8) is 0 Å². The van der Waals surface area contributed by atoms with Crippen LogP contribution in [0.25, 0.3) is 0 Å². The lowest BCUT2D eigenvalue weighted by Gasteiger charge is -2.17. The van der Waals surface area contributed by atoms with Gasteiger partial charge in [-0.25, -0.2) is 0 Å². The van der Waals surface area contributed by atoms with Crippen molar-refractivity contribution in [2.24, 2.45) is 0 Å². The van der Waals surface area contributed by atoms with Crippen LogP contribution >= 0.6 is 11.8 Å². The predicted molar refractivity (Wildman–Crippen MR) is 37.3 cm³/mol. The van der Waals surface area contributed by atoms with Gasteiger partial charge >= 0.3 is 0 Å². The second-order valence-electron chi connectivity index (χ2n) is 1.73. The molecule has 0 spiro atoms. The fraction of sp³-hybridized carbons (Fsp3) is 0.600. The van der Waals surface area contributed by atoms with Crippen LogP contribution in [0, 0.1) is 0 Å². The smallest absolute Gasteiger partial charge is 0.131 e. The molecule has 1 aliphatic rings. The second kappa shape index (κ2) is 2.42. The molecule has 1 N–H and O–H groups in total. The van der Waals surface area contributed by atoms with Crippen molar-refractivity contribution in [3.05, 3.63) is 11.6 Å². The normalized spacial score (nSPS) is 27.2. The molecule has 2 nitrogen and oxygen atoms in total. The SMILES string of the molecule is CNC1SC=CN1C. The number of rotatable bonds is 1. The molecule has 8 heavy (non-hydrogen) atoms. The summed E-state index contributed by atoms with van der Waals surface area (Å²) in [6.07, 6.45) is 2.06. The van der Waals surface area contributed by atoms with Gasteiger partial charge in [0.25, 0.3) is 0 Å². The summed E-state index contributed by atoms with van der Waals surface area (Å²) in [7, 11) is 4.01. The lowest BCUT2D eigenvalue weighted by molar-refractivity contribution is 0.399. The largest absolute Gasteiger partial charge is 0.356 e. The second-order valence-corrected chi connectivity index (χ2v) is 2.72. The van der Waals surface area contributed by atoms with Crippen molar-refractivity contribution in [3.8, 4) is 0 Å². The minimum absolute atomic E-state index is 0.454.